The van der Waals surface area contributed by atoms with E-state index < -0.39 is 0 Å². The summed E-state index contributed by atoms with van der Waals surface area (Å²) in [6.07, 6.45) is 0.535. The van der Waals surface area contributed by atoms with E-state index in [1.54, 1.807) is 0 Å². The van der Waals surface area contributed by atoms with Crippen LogP contribution in [0.3, 0.4) is 0 Å². The highest BCUT2D eigenvalue weighted by Gasteiger charge is 2.17. The van der Waals surface area contributed by atoms with Crippen LogP contribution in [0, 0.1) is 5.82 Å². The summed E-state index contributed by atoms with van der Waals surface area (Å²) in [6.45, 7) is 1.99. The minimum Gasteiger partial charge on any atom is -0.482 e. The Hall–Kier alpha value is -0.840. The number of alkyl halides is 1. The minimum atomic E-state index is -0.385. The summed E-state index contributed by atoms with van der Waals surface area (Å²) < 4.78 is 18.8. The third-order valence-electron chi connectivity index (χ3n) is 2.52. The smallest absolute Gasteiger partial charge is 0.150 e. The van der Waals surface area contributed by atoms with E-state index in [0.29, 0.717) is 11.6 Å². The van der Waals surface area contributed by atoms with Crippen molar-refractivity contribution in [3.8, 4) is 5.75 Å². The Kier molecular flexibility index (Phi) is 5.02. The predicted octanol–water partition coefficient (Wildman–Crippen LogP) is 5.20. The van der Waals surface area contributed by atoms with Gasteiger partial charge in [-0.25, -0.2) is 9.37 Å². The molecule has 19 heavy (non-hydrogen) atoms. The lowest BCUT2D eigenvalue weighted by Gasteiger charge is -2.16. The van der Waals surface area contributed by atoms with Gasteiger partial charge in [-0.15, -0.1) is 22.9 Å². The summed E-state index contributed by atoms with van der Waals surface area (Å²) in [6, 6.07) is 4.08. The van der Waals surface area contributed by atoms with E-state index in [9.17, 15) is 4.39 Å². The monoisotopic (exact) mass is 319 g/mol. The lowest BCUT2D eigenvalue weighted by molar-refractivity contribution is 0.200. The first kappa shape index (κ1) is 14.6. The molecule has 0 amide bonds. The van der Waals surface area contributed by atoms with Crippen molar-refractivity contribution in [3.05, 3.63) is 45.1 Å². The molecule has 0 bridgehead atoms. The van der Waals surface area contributed by atoms with Gasteiger partial charge in [-0.3, -0.25) is 0 Å². The van der Waals surface area contributed by atoms with Crippen molar-refractivity contribution < 1.29 is 9.13 Å². The maximum atomic E-state index is 13.0. The standard InChI is InChI=1S/C13H12Cl2FNOS/c1-2-11(13-17-9(6-14)7-19-13)18-12-4-3-8(16)5-10(12)15/h3-5,7,11H,2,6H2,1H3. The first-order chi connectivity index (χ1) is 9.13. The molecule has 1 heterocycles. The van der Waals surface area contributed by atoms with Crippen LogP contribution in [0.2, 0.25) is 5.02 Å². The molecule has 1 unspecified atom stereocenters. The lowest BCUT2D eigenvalue weighted by Crippen LogP contribution is -2.06. The Morgan fingerprint density at radius 2 is 2.26 bits per heavy atom. The highest BCUT2D eigenvalue weighted by atomic mass is 35.5. The van der Waals surface area contributed by atoms with Crippen LogP contribution in [0.15, 0.2) is 23.6 Å². The Bertz CT molecular complexity index is 561. The summed E-state index contributed by atoms with van der Waals surface area (Å²) in [4.78, 5) is 4.39. The summed E-state index contributed by atoms with van der Waals surface area (Å²) in [5.41, 5.74) is 0.828. The molecule has 0 fully saturated rings. The number of ether oxygens (including phenoxy) is 1. The maximum Gasteiger partial charge on any atom is 0.150 e. The van der Waals surface area contributed by atoms with E-state index in [1.807, 2.05) is 12.3 Å². The van der Waals surface area contributed by atoms with Gasteiger partial charge in [-0.05, 0) is 24.6 Å². The second-order valence-corrected chi connectivity index (χ2v) is 5.46. The second kappa shape index (κ2) is 6.55. The van der Waals surface area contributed by atoms with Gasteiger partial charge in [-0.1, -0.05) is 18.5 Å². The fourth-order valence-electron chi connectivity index (χ4n) is 1.56. The normalized spacial score (nSPS) is 12.4. The van der Waals surface area contributed by atoms with E-state index >= 15 is 0 Å². The first-order valence-electron chi connectivity index (χ1n) is 5.76. The molecule has 102 valence electrons. The summed E-state index contributed by atoms with van der Waals surface area (Å²) in [5.74, 6) is 0.450. The van der Waals surface area contributed by atoms with Crippen molar-refractivity contribution in [2.45, 2.75) is 25.3 Å². The molecule has 2 rings (SSSR count). The van der Waals surface area contributed by atoms with Gasteiger partial charge >= 0.3 is 0 Å². The zero-order chi connectivity index (χ0) is 13.8. The number of rotatable bonds is 5. The Morgan fingerprint density at radius 3 is 2.84 bits per heavy atom. The summed E-state index contributed by atoms with van der Waals surface area (Å²) in [7, 11) is 0. The van der Waals surface area contributed by atoms with Crippen molar-refractivity contribution in [2.24, 2.45) is 0 Å². The number of halogens is 3. The molecule has 2 nitrogen and oxygen atoms in total. The Labute approximate surface area is 125 Å². The van der Waals surface area contributed by atoms with Crippen LogP contribution < -0.4 is 4.74 Å². The van der Waals surface area contributed by atoms with Gasteiger partial charge < -0.3 is 4.74 Å². The molecule has 0 radical (unpaired) electrons. The van der Waals surface area contributed by atoms with Crippen LogP contribution in [0.4, 0.5) is 4.39 Å². The van der Waals surface area contributed by atoms with Crippen LogP contribution in [0.1, 0.15) is 30.2 Å². The van der Waals surface area contributed by atoms with Gasteiger partial charge in [0.25, 0.3) is 0 Å². The quantitative estimate of drug-likeness (QED) is 0.706. The van der Waals surface area contributed by atoms with Gasteiger partial charge in [0.15, 0.2) is 0 Å². The Balaban J connectivity index is 2.18. The number of hydrogen-bond acceptors (Lipinski definition) is 3. The molecule has 0 saturated carbocycles. The summed E-state index contributed by atoms with van der Waals surface area (Å²) in [5, 5.41) is 3.01. The van der Waals surface area contributed by atoms with Crippen molar-refractivity contribution in [3.63, 3.8) is 0 Å². The molecule has 0 aliphatic carbocycles. The molecule has 1 atom stereocenters. The zero-order valence-electron chi connectivity index (χ0n) is 10.2. The van der Waals surface area contributed by atoms with E-state index in [2.05, 4.69) is 4.98 Å². The molecule has 0 saturated heterocycles. The minimum absolute atomic E-state index is 0.204. The van der Waals surface area contributed by atoms with Gasteiger partial charge in [0.1, 0.15) is 22.7 Å². The van der Waals surface area contributed by atoms with Gasteiger partial charge in [0.05, 0.1) is 16.6 Å². The van der Waals surface area contributed by atoms with Crippen LogP contribution in [0.5, 0.6) is 5.75 Å². The average Bonchev–Trinajstić information content (AvgIpc) is 2.86. The zero-order valence-corrected chi connectivity index (χ0v) is 12.5. The maximum absolute atomic E-state index is 13.0. The number of nitrogens with zero attached hydrogens (tertiary/aromatic N) is 1. The van der Waals surface area contributed by atoms with E-state index in [1.165, 1.54) is 29.5 Å². The van der Waals surface area contributed by atoms with Crippen LogP contribution >= 0.6 is 34.5 Å². The van der Waals surface area contributed by atoms with E-state index in [-0.39, 0.29) is 16.9 Å². The first-order valence-corrected chi connectivity index (χ1v) is 7.55. The number of benzene rings is 1. The Morgan fingerprint density at radius 1 is 1.47 bits per heavy atom. The molecule has 0 N–H and O–H groups in total. The van der Waals surface area contributed by atoms with Crippen molar-refractivity contribution in [2.75, 3.05) is 0 Å². The molecule has 0 spiro atoms. The second-order valence-electron chi connectivity index (χ2n) is 3.90. The van der Waals surface area contributed by atoms with Crippen LogP contribution in [0.25, 0.3) is 0 Å². The molecule has 1 aromatic carbocycles. The fourth-order valence-corrected chi connectivity index (χ4v) is 2.93. The number of hydrogen-bond donors (Lipinski definition) is 0. The van der Waals surface area contributed by atoms with Crippen molar-refractivity contribution in [1.82, 2.24) is 4.98 Å². The van der Waals surface area contributed by atoms with Gasteiger partial charge in [0, 0.05) is 5.38 Å². The lowest BCUT2D eigenvalue weighted by atomic mass is 10.2. The van der Waals surface area contributed by atoms with E-state index in [4.69, 9.17) is 27.9 Å². The van der Waals surface area contributed by atoms with Gasteiger partial charge in [-0.2, -0.15) is 0 Å². The molecule has 2 aromatic rings. The third kappa shape index (κ3) is 3.59. The van der Waals surface area contributed by atoms with E-state index in [0.717, 1.165) is 17.1 Å². The average molecular weight is 320 g/mol. The molecular formula is C13H12Cl2FNOS. The third-order valence-corrected chi connectivity index (χ3v) is 4.07. The molecule has 0 aliphatic heterocycles. The van der Waals surface area contributed by atoms with Crippen LogP contribution in [-0.4, -0.2) is 4.98 Å². The predicted molar refractivity (Wildman–Crippen MR) is 76.7 cm³/mol. The topological polar surface area (TPSA) is 22.1 Å². The molecule has 1 aromatic heterocycles. The summed E-state index contributed by atoms with van der Waals surface area (Å²) >= 11 is 13.2. The highest BCUT2D eigenvalue weighted by Crippen LogP contribution is 2.32. The number of thiazole rings is 1. The number of aromatic nitrogens is 1. The largest absolute Gasteiger partial charge is 0.482 e. The fraction of sp³-hybridized carbons (Fsp3) is 0.308. The molecule has 6 heteroatoms. The van der Waals surface area contributed by atoms with Crippen LogP contribution in [-0.2, 0) is 5.88 Å². The van der Waals surface area contributed by atoms with Crippen molar-refractivity contribution >= 4 is 34.5 Å². The highest BCUT2D eigenvalue weighted by molar-refractivity contribution is 7.09. The van der Waals surface area contributed by atoms with Crippen molar-refractivity contribution in [1.29, 1.82) is 0 Å². The van der Waals surface area contributed by atoms with Gasteiger partial charge in [0.2, 0.25) is 0 Å². The molecule has 0 aliphatic rings. The SMILES string of the molecule is CCC(Oc1ccc(F)cc1Cl)c1nc(CCl)cs1. The molecular weight excluding hydrogens is 308 g/mol.